The molecule has 2 aromatic rings. The second kappa shape index (κ2) is 11.6. The predicted molar refractivity (Wildman–Crippen MR) is 122 cm³/mol. The molecular weight excluding hydrogens is 358 g/mol. The fourth-order valence-electron chi connectivity index (χ4n) is 3.73. The van der Waals surface area contributed by atoms with Crippen molar-refractivity contribution in [2.45, 2.75) is 52.1 Å². The maximum Gasteiger partial charge on any atom is 0.191 e. The Kier molecular flexibility index (Phi) is 8.50. The molecule has 1 fully saturated rings. The molecule has 29 heavy (non-hydrogen) atoms. The molecule has 0 radical (unpaired) electrons. The third-order valence-electron chi connectivity index (χ3n) is 5.41. The first kappa shape index (κ1) is 21.3. The predicted octanol–water partition coefficient (Wildman–Crippen LogP) is 4.07. The third-order valence-corrected chi connectivity index (χ3v) is 5.41. The second-order valence-electron chi connectivity index (χ2n) is 7.72. The van der Waals surface area contributed by atoms with Crippen LogP contribution in [0.5, 0.6) is 0 Å². The van der Waals surface area contributed by atoms with Crippen molar-refractivity contribution in [2.24, 2.45) is 4.99 Å². The van der Waals surface area contributed by atoms with Gasteiger partial charge >= 0.3 is 0 Å². The molecule has 0 aliphatic carbocycles. The van der Waals surface area contributed by atoms with E-state index in [1.807, 2.05) is 24.4 Å². The smallest absolute Gasteiger partial charge is 0.191 e. The minimum Gasteiger partial charge on any atom is -0.357 e. The second-order valence-corrected chi connectivity index (χ2v) is 7.72. The van der Waals surface area contributed by atoms with Crippen LogP contribution in [0.4, 0.5) is 0 Å². The first-order valence-corrected chi connectivity index (χ1v) is 11.1. The maximum atomic E-state index is 4.84. The highest BCUT2D eigenvalue weighted by atomic mass is 15.2. The van der Waals surface area contributed by atoms with Crippen molar-refractivity contribution in [1.82, 2.24) is 20.5 Å². The van der Waals surface area contributed by atoms with Crippen LogP contribution in [0.15, 0.2) is 53.7 Å². The quantitative estimate of drug-likeness (QED) is 0.524. The Hall–Kier alpha value is -2.40. The zero-order valence-electron chi connectivity index (χ0n) is 17.9. The summed E-state index contributed by atoms with van der Waals surface area (Å²) in [6, 6.07) is 15.0. The summed E-state index contributed by atoms with van der Waals surface area (Å²) in [4.78, 5) is 11.9. The van der Waals surface area contributed by atoms with Crippen LogP contribution in [0.25, 0.3) is 11.3 Å². The number of benzene rings is 1. The van der Waals surface area contributed by atoms with E-state index in [-0.39, 0.29) is 0 Å². The van der Waals surface area contributed by atoms with Gasteiger partial charge in [-0.05, 0) is 56.5 Å². The van der Waals surface area contributed by atoms with Crippen molar-refractivity contribution in [1.29, 1.82) is 0 Å². The average Bonchev–Trinajstić information content (AvgIpc) is 2.78. The molecule has 1 saturated heterocycles. The molecule has 5 nitrogen and oxygen atoms in total. The van der Waals surface area contributed by atoms with Gasteiger partial charge in [-0.3, -0.25) is 4.98 Å². The molecule has 1 aromatic heterocycles. The van der Waals surface area contributed by atoms with Crippen molar-refractivity contribution in [3.05, 3.63) is 54.2 Å². The van der Waals surface area contributed by atoms with Crippen molar-refractivity contribution in [3.63, 3.8) is 0 Å². The summed E-state index contributed by atoms with van der Waals surface area (Å²) < 4.78 is 0. The lowest BCUT2D eigenvalue weighted by atomic mass is 10.0. The lowest BCUT2D eigenvalue weighted by Crippen LogP contribution is -2.48. The van der Waals surface area contributed by atoms with Crippen LogP contribution in [-0.2, 0) is 6.54 Å². The summed E-state index contributed by atoms with van der Waals surface area (Å²) in [5.74, 6) is 0.919. The normalized spacial score (nSPS) is 16.0. The zero-order chi connectivity index (χ0) is 20.3. The van der Waals surface area contributed by atoms with Crippen LogP contribution in [0.2, 0.25) is 0 Å². The fraction of sp³-hybridized carbons (Fsp3) is 0.500. The molecule has 5 heteroatoms. The number of nitrogens with one attached hydrogen (secondary N) is 2. The van der Waals surface area contributed by atoms with Gasteiger partial charge in [-0.25, -0.2) is 4.99 Å². The Morgan fingerprint density at radius 1 is 1.14 bits per heavy atom. The molecule has 0 bridgehead atoms. The van der Waals surface area contributed by atoms with E-state index in [1.165, 1.54) is 50.9 Å². The number of aliphatic imine (C=N–C) groups is 1. The number of aromatic nitrogens is 1. The van der Waals surface area contributed by atoms with E-state index in [1.54, 1.807) is 0 Å². The van der Waals surface area contributed by atoms with Gasteiger partial charge in [0, 0.05) is 37.4 Å². The number of pyridine rings is 1. The van der Waals surface area contributed by atoms with Gasteiger partial charge in [0.25, 0.3) is 0 Å². The van der Waals surface area contributed by atoms with Crippen LogP contribution in [-0.4, -0.2) is 48.1 Å². The number of hydrogen-bond acceptors (Lipinski definition) is 3. The molecule has 156 valence electrons. The van der Waals surface area contributed by atoms with Crippen molar-refractivity contribution >= 4 is 5.96 Å². The van der Waals surface area contributed by atoms with Gasteiger partial charge in [0.2, 0.25) is 0 Å². The van der Waals surface area contributed by atoms with E-state index in [4.69, 9.17) is 4.99 Å². The molecule has 2 N–H and O–H groups in total. The average molecular weight is 394 g/mol. The number of nitrogens with zero attached hydrogens (tertiary/aromatic N) is 3. The van der Waals surface area contributed by atoms with Gasteiger partial charge < -0.3 is 15.5 Å². The van der Waals surface area contributed by atoms with E-state index in [0.29, 0.717) is 12.6 Å². The van der Waals surface area contributed by atoms with Crippen molar-refractivity contribution < 1.29 is 0 Å². The van der Waals surface area contributed by atoms with Gasteiger partial charge in [-0.15, -0.1) is 0 Å². The summed E-state index contributed by atoms with van der Waals surface area (Å²) >= 11 is 0. The van der Waals surface area contributed by atoms with E-state index in [2.05, 4.69) is 58.6 Å². The molecule has 0 unspecified atom stereocenters. The van der Waals surface area contributed by atoms with Crippen LogP contribution in [0, 0.1) is 0 Å². The number of likely N-dealkylation sites (tertiary alicyclic amines) is 1. The molecule has 0 saturated carbocycles. The van der Waals surface area contributed by atoms with Crippen LogP contribution < -0.4 is 10.6 Å². The molecule has 0 atom stereocenters. The topological polar surface area (TPSA) is 52.5 Å². The summed E-state index contributed by atoms with van der Waals surface area (Å²) in [6.45, 7) is 9.52. The summed E-state index contributed by atoms with van der Waals surface area (Å²) in [5, 5.41) is 7.05. The zero-order valence-corrected chi connectivity index (χ0v) is 17.9. The van der Waals surface area contributed by atoms with Gasteiger partial charge in [0.05, 0.1) is 12.2 Å². The minimum atomic E-state index is 0.505. The Bertz CT molecular complexity index is 751. The number of hydrogen-bond donors (Lipinski definition) is 2. The van der Waals surface area contributed by atoms with E-state index in [0.717, 1.165) is 23.8 Å². The molecule has 0 spiro atoms. The summed E-state index contributed by atoms with van der Waals surface area (Å²) in [6.07, 6.45) is 6.78. The van der Waals surface area contributed by atoms with Gasteiger partial charge in [-0.2, -0.15) is 0 Å². The number of guanidine groups is 1. The molecule has 0 amide bonds. The fourth-order valence-corrected chi connectivity index (χ4v) is 3.73. The summed E-state index contributed by atoms with van der Waals surface area (Å²) in [5.41, 5.74) is 3.33. The van der Waals surface area contributed by atoms with E-state index >= 15 is 0 Å². The Labute approximate surface area is 175 Å². The minimum absolute atomic E-state index is 0.505. The largest absolute Gasteiger partial charge is 0.357 e. The number of piperidine rings is 1. The monoisotopic (exact) mass is 393 g/mol. The molecule has 1 aliphatic rings. The summed E-state index contributed by atoms with van der Waals surface area (Å²) in [7, 11) is 0. The third kappa shape index (κ3) is 6.86. The lowest BCUT2D eigenvalue weighted by Gasteiger charge is -2.33. The van der Waals surface area contributed by atoms with E-state index < -0.39 is 0 Å². The molecule has 1 aromatic carbocycles. The Balaban J connectivity index is 1.57. The standard InChI is InChI=1S/C24H35N5/c1-3-5-15-29-16-12-22(13-17-29)28-24(25-4-2)27-19-20-9-8-10-21(18-20)23-11-6-7-14-26-23/h6-11,14,18,22H,3-5,12-13,15-17,19H2,1-2H3,(H2,25,27,28). The van der Waals surface area contributed by atoms with Gasteiger partial charge in [-0.1, -0.05) is 37.6 Å². The highest BCUT2D eigenvalue weighted by molar-refractivity contribution is 5.80. The molecular formula is C24H35N5. The molecule has 1 aliphatic heterocycles. The molecule has 3 rings (SSSR count). The van der Waals surface area contributed by atoms with Crippen LogP contribution in [0.3, 0.4) is 0 Å². The first-order chi connectivity index (χ1) is 14.3. The molecule has 2 heterocycles. The number of unbranched alkanes of at least 4 members (excludes halogenated alkanes) is 1. The highest BCUT2D eigenvalue weighted by Gasteiger charge is 2.19. The lowest BCUT2D eigenvalue weighted by molar-refractivity contribution is 0.203. The Morgan fingerprint density at radius 3 is 2.72 bits per heavy atom. The SMILES string of the molecule is CCCCN1CCC(NC(=NCc2cccc(-c3ccccn3)c2)NCC)CC1. The van der Waals surface area contributed by atoms with Crippen molar-refractivity contribution in [3.8, 4) is 11.3 Å². The van der Waals surface area contributed by atoms with Crippen LogP contribution >= 0.6 is 0 Å². The highest BCUT2D eigenvalue weighted by Crippen LogP contribution is 2.18. The Morgan fingerprint density at radius 2 is 2.00 bits per heavy atom. The number of rotatable bonds is 8. The van der Waals surface area contributed by atoms with Gasteiger partial charge in [0.1, 0.15) is 0 Å². The van der Waals surface area contributed by atoms with Crippen molar-refractivity contribution in [2.75, 3.05) is 26.2 Å². The maximum absolute atomic E-state index is 4.84. The first-order valence-electron chi connectivity index (χ1n) is 11.1. The van der Waals surface area contributed by atoms with E-state index in [9.17, 15) is 0 Å². The van der Waals surface area contributed by atoms with Gasteiger partial charge in [0.15, 0.2) is 5.96 Å². The van der Waals surface area contributed by atoms with Crippen LogP contribution in [0.1, 0.15) is 45.1 Å².